The zero-order valence-corrected chi connectivity index (χ0v) is 12.5. The smallest absolute Gasteiger partial charge is 0.171 e. The van der Waals surface area contributed by atoms with E-state index in [-0.39, 0.29) is 10.6 Å². The van der Waals surface area contributed by atoms with Crippen LogP contribution < -0.4 is 10.6 Å². The summed E-state index contributed by atoms with van der Waals surface area (Å²) in [7, 11) is 0. The molecule has 0 amide bonds. The molecule has 1 aromatic carbocycles. The summed E-state index contributed by atoms with van der Waals surface area (Å²) in [5.41, 5.74) is 0.821. The third-order valence-electron chi connectivity index (χ3n) is 3.79. The number of hydrogen-bond donors (Lipinski definition) is 2. The molecule has 2 N–H and O–H groups in total. The normalized spacial score (nSPS) is 17.2. The maximum atomic E-state index is 13.1. The fraction of sp³-hybridized carbons (Fsp3) is 0.500. The Kier molecular flexibility index (Phi) is 4.63. The molecule has 104 valence electrons. The lowest BCUT2D eigenvalue weighted by atomic mass is 9.95. The average Bonchev–Trinajstić information content (AvgIpc) is 2.83. The van der Waals surface area contributed by atoms with Gasteiger partial charge in [0, 0.05) is 11.2 Å². The molecule has 0 aromatic heterocycles. The molecule has 2 nitrogen and oxygen atoms in total. The van der Waals surface area contributed by atoms with E-state index in [0.717, 1.165) is 19.3 Å². The van der Waals surface area contributed by atoms with Crippen molar-refractivity contribution in [1.82, 2.24) is 5.32 Å². The molecule has 19 heavy (non-hydrogen) atoms. The molecular formula is C14H18ClFN2S. The standard InChI is InChI=1S/C14H18ClFN2S/c1-2-14(7-3-4-8-14)18-13(19)17-10-5-6-12(16)11(15)9-10/h5-6,9H,2-4,7-8H2,1H3,(H2,17,18,19). The summed E-state index contributed by atoms with van der Waals surface area (Å²) < 4.78 is 13.1. The lowest BCUT2D eigenvalue weighted by molar-refractivity contribution is 0.378. The predicted molar refractivity (Wildman–Crippen MR) is 82.3 cm³/mol. The van der Waals surface area contributed by atoms with E-state index >= 15 is 0 Å². The third kappa shape index (κ3) is 3.57. The van der Waals surface area contributed by atoms with Crippen molar-refractivity contribution in [3.05, 3.63) is 29.0 Å². The van der Waals surface area contributed by atoms with E-state index in [1.807, 2.05) is 0 Å². The maximum Gasteiger partial charge on any atom is 0.171 e. The van der Waals surface area contributed by atoms with E-state index in [1.54, 1.807) is 6.07 Å². The first-order chi connectivity index (χ1) is 9.04. The molecule has 5 heteroatoms. The summed E-state index contributed by atoms with van der Waals surface area (Å²) in [6.07, 6.45) is 5.83. The van der Waals surface area contributed by atoms with Crippen molar-refractivity contribution in [2.24, 2.45) is 0 Å². The number of thiocarbonyl (C=S) groups is 1. The summed E-state index contributed by atoms with van der Waals surface area (Å²) >= 11 is 11.1. The number of hydrogen-bond acceptors (Lipinski definition) is 1. The molecule has 2 rings (SSSR count). The van der Waals surface area contributed by atoms with Crippen molar-refractivity contribution in [3.63, 3.8) is 0 Å². The quantitative estimate of drug-likeness (QED) is 0.804. The van der Waals surface area contributed by atoms with Crippen molar-refractivity contribution in [2.45, 2.75) is 44.6 Å². The van der Waals surface area contributed by atoms with Crippen LogP contribution in [-0.4, -0.2) is 10.7 Å². The number of nitrogens with one attached hydrogen (secondary N) is 2. The van der Waals surface area contributed by atoms with Gasteiger partial charge in [-0.2, -0.15) is 0 Å². The summed E-state index contributed by atoms with van der Waals surface area (Å²) in [5.74, 6) is -0.424. The minimum absolute atomic E-state index is 0.0962. The number of anilines is 1. The molecule has 1 saturated carbocycles. The van der Waals surface area contributed by atoms with E-state index in [4.69, 9.17) is 23.8 Å². The van der Waals surface area contributed by atoms with E-state index in [2.05, 4.69) is 17.6 Å². The molecule has 0 heterocycles. The molecule has 0 bridgehead atoms. The molecule has 0 spiro atoms. The van der Waals surface area contributed by atoms with Gasteiger partial charge in [-0.25, -0.2) is 4.39 Å². The second-order valence-electron chi connectivity index (χ2n) is 5.05. The van der Waals surface area contributed by atoms with Crippen molar-refractivity contribution < 1.29 is 4.39 Å². The molecule has 0 unspecified atom stereocenters. The summed E-state index contributed by atoms with van der Waals surface area (Å²) in [5, 5.41) is 7.14. The largest absolute Gasteiger partial charge is 0.357 e. The maximum absolute atomic E-state index is 13.1. The van der Waals surface area contributed by atoms with Crippen molar-refractivity contribution in [3.8, 4) is 0 Å². The lowest BCUT2D eigenvalue weighted by Crippen LogP contribution is -2.47. The van der Waals surface area contributed by atoms with Gasteiger partial charge in [0.05, 0.1) is 5.02 Å². The van der Waals surface area contributed by atoms with Crippen LogP contribution in [0.3, 0.4) is 0 Å². The van der Waals surface area contributed by atoms with Gasteiger partial charge in [-0.15, -0.1) is 0 Å². The van der Waals surface area contributed by atoms with E-state index in [0.29, 0.717) is 10.8 Å². The highest BCUT2D eigenvalue weighted by Crippen LogP contribution is 2.32. The molecule has 1 aliphatic rings. The van der Waals surface area contributed by atoms with Crippen molar-refractivity contribution in [1.29, 1.82) is 0 Å². The van der Waals surface area contributed by atoms with Crippen LogP contribution in [0.2, 0.25) is 5.02 Å². The Hall–Kier alpha value is -0.870. The fourth-order valence-corrected chi connectivity index (χ4v) is 3.11. The second-order valence-corrected chi connectivity index (χ2v) is 5.86. The van der Waals surface area contributed by atoms with Crippen LogP contribution in [0.25, 0.3) is 0 Å². The first-order valence-corrected chi connectivity index (χ1v) is 7.37. The molecule has 1 fully saturated rings. The van der Waals surface area contributed by atoms with Crippen molar-refractivity contribution in [2.75, 3.05) is 5.32 Å². The molecule has 0 saturated heterocycles. The van der Waals surface area contributed by atoms with Crippen LogP contribution >= 0.6 is 23.8 Å². The molecule has 0 radical (unpaired) electrons. The van der Waals surface area contributed by atoms with Crippen LogP contribution in [0.5, 0.6) is 0 Å². The highest BCUT2D eigenvalue weighted by Gasteiger charge is 2.32. The van der Waals surface area contributed by atoms with Gasteiger partial charge in [-0.05, 0) is 49.7 Å². The minimum Gasteiger partial charge on any atom is -0.357 e. The average molecular weight is 301 g/mol. The Morgan fingerprint density at radius 3 is 2.68 bits per heavy atom. The first kappa shape index (κ1) is 14.5. The Morgan fingerprint density at radius 2 is 2.11 bits per heavy atom. The third-order valence-corrected chi connectivity index (χ3v) is 4.29. The van der Waals surface area contributed by atoms with Crippen LogP contribution in [0.1, 0.15) is 39.0 Å². The van der Waals surface area contributed by atoms with E-state index in [9.17, 15) is 4.39 Å². The predicted octanol–water partition coefficient (Wildman–Crippen LogP) is 4.49. The minimum atomic E-state index is -0.424. The highest BCUT2D eigenvalue weighted by molar-refractivity contribution is 7.80. The summed E-state index contributed by atoms with van der Waals surface area (Å²) in [6, 6.07) is 4.50. The van der Waals surface area contributed by atoms with Crippen LogP contribution in [0, 0.1) is 5.82 Å². The number of rotatable bonds is 3. The topological polar surface area (TPSA) is 24.1 Å². The Bertz CT molecular complexity index is 473. The lowest BCUT2D eigenvalue weighted by Gasteiger charge is -2.30. The van der Waals surface area contributed by atoms with Gasteiger partial charge in [-0.3, -0.25) is 0 Å². The summed E-state index contributed by atoms with van der Waals surface area (Å²) in [4.78, 5) is 0. The van der Waals surface area contributed by atoms with Gasteiger partial charge in [-0.1, -0.05) is 31.4 Å². The van der Waals surface area contributed by atoms with Crippen LogP contribution in [0.15, 0.2) is 18.2 Å². The fourth-order valence-electron chi connectivity index (χ4n) is 2.60. The monoisotopic (exact) mass is 300 g/mol. The Labute approximate surface area is 123 Å². The Balaban J connectivity index is 1.99. The van der Waals surface area contributed by atoms with E-state index in [1.165, 1.54) is 25.0 Å². The van der Waals surface area contributed by atoms with Gasteiger partial charge >= 0.3 is 0 Å². The van der Waals surface area contributed by atoms with Gasteiger partial charge < -0.3 is 10.6 Å². The first-order valence-electron chi connectivity index (χ1n) is 6.59. The van der Waals surface area contributed by atoms with Gasteiger partial charge in [0.15, 0.2) is 5.11 Å². The van der Waals surface area contributed by atoms with Crippen LogP contribution in [-0.2, 0) is 0 Å². The van der Waals surface area contributed by atoms with Gasteiger partial charge in [0.2, 0.25) is 0 Å². The van der Waals surface area contributed by atoms with Gasteiger partial charge in [0.25, 0.3) is 0 Å². The second kappa shape index (κ2) is 6.06. The molecule has 0 aliphatic heterocycles. The van der Waals surface area contributed by atoms with Crippen LogP contribution in [0.4, 0.5) is 10.1 Å². The summed E-state index contributed by atoms with van der Waals surface area (Å²) in [6.45, 7) is 2.18. The molecule has 1 aromatic rings. The zero-order chi connectivity index (χ0) is 13.9. The number of halogens is 2. The van der Waals surface area contributed by atoms with E-state index < -0.39 is 5.82 Å². The molecule has 0 atom stereocenters. The van der Waals surface area contributed by atoms with Gasteiger partial charge in [0.1, 0.15) is 5.82 Å². The molecule has 1 aliphatic carbocycles. The molecular weight excluding hydrogens is 283 g/mol. The number of benzene rings is 1. The zero-order valence-electron chi connectivity index (χ0n) is 10.9. The highest BCUT2D eigenvalue weighted by atomic mass is 35.5. The SMILES string of the molecule is CCC1(NC(=S)Nc2ccc(F)c(Cl)c2)CCCC1. The Morgan fingerprint density at radius 1 is 1.42 bits per heavy atom. The van der Waals surface area contributed by atoms with Crippen molar-refractivity contribution >= 4 is 34.6 Å².